The minimum absolute atomic E-state index is 0.00275. The molecular weight excluding hydrogens is 328 g/mol. The highest BCUT2D eigenvalue weighted by Crippen LogP contribution is 2.15. The number of benzene rings is 1. The van der Waals surface area contributed by atoms with Crippen molar-refractivity contribution in [2.24, 2.45) is 0 Å². The van der Waals surface area contributed by atoms with Crippen molar-refractivity contribution in [3.05, 3.63) is 59.9 Å². The Bertz CT molecular complexity index is 759. The second-order valence-corrected chi connectivity index (χ2v) is 6.62. The zero-order valence-electron chi connectivity index (χ0n) is 15.3. The van der Waals surface area contributed by atoms with Gasteiger partial charge >= 0.3 is 0 Å². The van der Waals surface area contributed by atoms with E-state index in [2.05, 4.69) is 4.98 Å². The van der Waals surface area contributed by atoms with E-state index in [0.717, 1.165) is 12.1 Å². The topological polar surface area (TPSA) is 56.8 Å². The predicted molar refractivity (Wildman–Crippen MR) is 101 cm³/mol. The number of carbonyl (C=O) groups excluding carboxylic acids is 2. The van der Waals surface area contributed by atoms with Crippen LogP contribution in [0.25, 0.3) is 0 Å². The lowest BCUT2D eigenvalue weighted by Gasteiger charge is -2.22. The zero-order valence-corrected chi connectivity index (χ0v) is 15.3. The molecular formula is C20H24N4O2. The molecule has 0 spiro atoms. The Morgan fingerprint density at radius 1 is 0.808 bits per heavy atom. The number of hydrogen-bond donors (Lipinski definition) is 0. The number of rotatable bonds is 3. The van der Waals surface area contributed by atoms with Crippen molar-refractivity contribution in [1.82, 2.24) is 14.8 Å². The van der Waals surface area contributed by atoms with Crippen molar-refractivity contribution in [2.75, 3.05) is 45.2 Å². The second-order valence-electron chi connectivity index (χ2n) is 6.62. The van der Waals surface area contributed by atoms with Crippen molar-refractivity contribution < 1.29 is 9.59 Å². The number of anilines is 1. The van der Waals surface area contributed by atoms with Crippen LogP contribution in [-0.2, 0) is 0 Å². The lowest BCUT2D eigenvalue weighted by atomic mass is 10.1. The highest BCUT2D eigenvalue weighted by Gasteiger charge is 2.23. The summed E-state index contributed by atoms with van der Waals surface area (Å²) >= 11 is 0. The summed E-state index contributed by atoms with van der Waals surface area (Å²) in [5.74, 6) is 0.0190. The lowest BCUT2D eigenvalue weighted by Crippen LogP contribution is -2.37. The normalized spacial score (nSPS) is 14.7. The molecule has 26 heavy (non-hydrogen) atoms. The molecule has 6 heteroatoms. The molecule has 1 fully saturated rings. The van der Waals surface area contributed by atoms with Crippen LogP contribution in [0.15, 0.2) is 48.8 Å². The summed E-state index contributed by atoms with van der Waals surface area (Å²) in [5.41, 5.74) is 2.38. The third-order valence-electron chi connectivity index (χ3n) is 4.63. The molecule has 0 bridgehead atoms. The van der Waals surface area contributed by atoms with Crippen molar-refractivity contribution in [1.29, 1.82) is 0 Å². The third-order valence-corrected chi connectivity index (χ3v) is 4.63. The largest absolute Gasteiger partial charge is 0.378 e. The van der Waals surface area contributed by atoms with Gasteiger partial charge in [0.1, 0.15) is 0 Å². The second kappa shape index (κ2) is 7.99. The van der Waals surface area contributed by atoms with E-state index >= 15 is 0 Å². The average molecular weight is 352 g/mol. The van der Waals surface area contributed by atoms with Crippen molar-refractivity contribution >= 4 is 17.5 Å². The molecule has 1 aromatic heterocycles. The van der Waals surface area contributed by atoms with Crippen LogP contribution >= 0.6 is 0 Å². The number of nitrogens with zero attached hydrogens (tertiary/aromatic N) is 4. The number of hydrogen-bond acceptors (Lipinski definition) is 4. The fraction of sp³-hybridized carbons (Fsp3) is 0.350. The van der Waals surface area contributed by atoms with E-state index in [0.29, 0.717) is 37.3 Å². The van der Waals surface area contributed by atoms with Gasteiger partial charge in [-0.2, -0.15) is 0 Å². The van der Waals surface area contributed by atoms with Gasteiger partial charge in [-0.25, -0.2) is 0 Å². The van der Waals surface area contributed by atoms with Gasteiger partial charge in [0.2, 0.25) is 0 Å². The molecule has 0 radical (unpaired) electrons. The number of pyridine rings is 1. The van der Waals surface area contributed by atoms with E-state index in [1.807, 2.05) is 53.1 Å². The van der Waals surface area contributed by atoms with E-state index in [-0.39, 0.29) is 11.8 Å². The van der Waals surface area contributed by atoms with Gasteiger partial charge in [-0.05, 0) is 42.8 Å². The molecule has 0 atom stereocenters. The van der Waals surface area contributed by atoms with Gasteiger partial charge in [-0.15, -0.1) is 0 Å². The molecule has 1 saturated heterocycles. The van der Waals surface area contributed by atoms with E-state index in [1.54, 1.807) is 24.5 Å². The summed E-state index contributed by atoms with van der Waals surface area (Å²) in [6.07, 6.45) is 4.02. The fourth-order valence-corrected chi connectivity index (χ4v) is 3.09. The maximum absolute atomic E-state index is 12.8. The van der Waals surface area contributed by atoms with Crippen LogP contribution in [0.2, 0.25) is 0 Å². The molecule has 2 aromatic rings. The van der Waals surface area contributed by atoms with Crippen molar-refractivity contribution in [2.45, 2.75) is 6.42 Å². The molecule has 1 aromatic carbocycles. The Hall–Kier alpha value is -2.89. The van der Waals surface area contributed by atoms with Crippen LogP contribution in [-0.4, -0.2) is 66.9 Å². The van der Waals surface area contributed by atoms with Crippen LogP contribution in [0, 0.1) is 0 Å². The SMILES string of the molecule is CN(C)c1ccc(C(=O)N2CCCN(C(=O)c3ccncc3)CC2)cc1. The molecule has 136 valence electrons. The Labute approximate surface area is 154 Å². The summed E-state index contributed by atoms with van der Waals surface area (Å²) in [4.78, 5) is 35.0. The van der Waals surface area contributed by atoms with Crippen molar-refractivity contribution in [3.8, 4) is 0 Å². The van der Waals surface area contributed by atoms with Gasteiger partial charge in [0, 0.05) is 69.5 Å². The summed E-state index contributed by atoms with van der Waals surface area (Å²) in [7, 11) is 3.94. The molecule has 0 unspecified atom stereocenters. The van der Waals surface area contributed by atoms with E-state index < -0.39 is 0 Å². The summed E-state index contributed by atoms with van der Waals surface area (Å²) in [5, 5.41) is 0. The molecule has 1 aliphatic rings. The monoisotopic (exact) mass is 352 g/mol. The third kappa shape index (κ3) is 4.02. The fourth-order valence-electron chi connectivity index (χ4n) is 3.09. The number of carbonyl (C=O) groups is 2. The zero-order chi connectivity index (χ0) is 18.5. The first kappa shape index (κ1) is 17.9. The van der Waals surface area contributed by atoms with Gasteiger partial charge < -0.3 is 14.7 Å². The van der Waals surface area contributed by atoms with E-state index in [1.165, 1.54) is 0 Å². The Kier molecular flexibility index (Phi) is 5.51. The van der Waals surface area contributed by atoms with Crippen LogP contribution in [0.5, 0.6) is 0 Å². The van der Waals surface area contributed by atoms with Crippen LogP contribution in [0.4, 0.5) is 5.69 Å². The quantitative estimate of drug-likeness (QED) is 0.849. The maximum Gasteiger partial charge on any atom is 0.254 e. The van der Waals surface area contributed by atoms with Gasteiger partial charge in [0.15, 0.2) is 0 Å². The van der Waals surface area contributed by atoms with E-state index in [9.17, 15) is 9.59 Å². The molecule has 0 aliphatic carbocycles. The van der Waals surface area contributed by atoms with Crippen molar-refractivity contribution in [3.63, 3.8) is 0 Å². The van der Waals surface area contributed by atoms with Gasteiger partial charge in [0.25, 0.3) is 11.8 Å². The Balaban J connectivity index is 1.64. The summed E-state index contributed by atoms with van der Waals surface area (Å²) in [6, 6.07) is 11.1. The molecule has 3 rings (SSSR count). The highest BCUT2D eigenvalue weighted by molar-refractivity contribution is 5.95. The Morgan fingerprint density at radius 3 is 1.81 bits per heavy atom. The first-order valence-electron chi connectivity index (χ1n) is 8.82. The molecule has 1 aliphatic heterocycles. The van der Waals surface area contributed by atoms with Crippen LogP contribution in [0.1, 0.15) is 27.1 Å². The average Bonchev–Trinajstić information content (AvgIpc) is 2.94. The van der Waals surface area contributed by atoms with Gasteiger partial charge in [-0.3, -0.25) is 14.6 Å². The van der Waals surface area contributed by atoms with Gasteiger partial charge in [0.05, 0.1) is 0 Å². The van der Waals surface area contributed by atoms with Crippen LogP contribution < -0.4 is 4.90 Å². The summed E-state index contributed by atoms with van der Waals surface area (Å²) in [6.45, 7) is 2.41. The molecule has 0 N–H and O–H groups in total. The Morgan fingerprint density at radius 2 is 1.31 bits per heavy atom. The minimum atomic E-state index is -0.00275. The highest BCUT2D eigenvalue weighted by atomic mass is 16.2. The lowest BCUT2D eigenvalue weighted by molar-refractivity contribution is 0.0718. The maximum atomic E-state index is 12.8. The minimum Gasteiger partial charge on any atom is -0.378 e. The van der Waals surface area contributed by atoms with Gasteiger partial charge in [-0.1, -0.05) is 0 Å². The number of aromatic nitrogens is 1. The smallest absolute Gasteiger partial charge is 0.254 e. The predicted octanol–water partition coefficient (Wildman–Crippen LogP) is 2.14. The first-order chi connectivity index (χ1) is 12.6. The molecule has 2 heterocycles. The molecule has 6 nitrogen and oxygen atoms in total. The van der Waals surface area contributed by atoms with Crippen LogP contribution in [0.3, 0.4) is 0 Å². The molecule has 0 saturated carbocycles. The standard InChI is InChI=1S/C20H24N4O2/c1-22(2)18-6-4-16(5-7-18)19(25)23-12-3-13-24(15-14-23)20(26)17-8-10-21-11-9-17/h4-11H,3,12-15H2,1-2H3. The summed E-state index contributed by atoms with van der Waals surface area (Å²) < 4.78 is 0. The van der Waals surface area contributed by atoms with E-state index in [4.69, 9.17) is 0 Å². The first-order valence-corrected chi connectivity index (χ1v) is 8.82. The number of amides is 2. The molecule has 2 amide bonds.